The van der Waals surface area contributed by atoms with Gasteiger partial charge < -0.3 is 10.1 Å². The van der Waals surface area contributed by atoms with Crippen molar-refractivity contribution in [1.29, 1.82) is 0 Å². The largest absolute Gasteiger partial charge is 0.494 e. The van der Waals surface area contributed by atoms with Crippen LogP contribution in [0.5, 0.6) is 5.75 Å². The maximum Gasteiger partial charge on any atom is 0.165 e. The van der Waals surface area contributed by atoms with Crippen LogP contribution in [0.1, 0.15) is 33.3 Å². The summed E-state index contributed by atoms with van der Waals surface area (Å²) in [5.74, 6) is 0.499. The van der Waals surface area contributed by atoms with Crippen LogP contribution in [-0.4, -0.2) is 20.2 Å². The first-order chi connectivity index (χ1) is 8.88. The molecule has 0 spiro atoms. The molecule has 1 aromatic rings. The Balaban J connectivity index is 2.81. The molecule has 0 aliphatic carbocycles. The summed E-state index contributed by atoms with van der Waals surface area (Å²) in [5.41, 5.74) is 1.22. The molecule has 0 aromatic heterocycles. The zero-order chi connectivity index (χ0) is 14.5. The van der Waals surface area contributed by atoms with E-state index in [0.29, 0.717) is 11.7 Å². The van der Waals surface area contributed by atoms with Crippen LogP contribution in [0.3, 0.4) is 0 Å². The van der Waals surface area contributed by atoms with E-state index in [9.17, 15) is 4.39 Å². The number of benzene rings is 1. The second-order valence-electron chi connectivity index (χ2n) is 6.04. The standard InChI is InChI=1S/C16H26FNO/c1-6-18-11-13(16(2,3)4)9-12-7-8-15(19-5)14(17)10-12/h7-8,10,13,18H,6,9,11H2,1-5H3. The number of methoxy groups -OCH3 is 1. The highest BCUT2D eigenvalue weighted by atomic mass is 19.1. The van der Waals surface area contributed by atoms with Crippen LogP contribution in [0.2, 0.25) is 0 Å². The molecule has 3 heteroatoms. The Kier molecular flexibility index (Phi) is 5.80. The fourth-order valence-corrected chi connectivity index (χ4v) is 2.12. The van der Waals surface area contributed by atoms with E-state index in [-0.39, 0.29) is 11.2 Å². The lowest BCUT2D eigenvalue weighted by molar-refractivity contribution is 0.231. The van der Waals surface area contributed by atoms with Crippen LogP contribution in [0, 0.1) is 17.2 Å². The molecule has 2 nitrogen and oxygen atoms in total. The Bertz CT molecular complexity index is 398. The van der Waals surface area contributed by atoms with Crippen molar-refractivity contribution in [3.8, 4) is 5.75 Å². The Morgan fingerprint density at radius 2 is 2.00 bits per heavy atom. The normalized spacial score (nSPS) is 13.4. The van der Waals surface area contributed by atoms with Crippen molar-refractivity contribution in [2.45, 2.75) is 34.1 Å². The van der Waals surface area contributed by atoms with Crippen LogP contribution in [0.25, 0.3) is 0 Å². The molecule has 1 N–H and O–H groups in total. The minimum absolute atomic E-state index is 0.193. The molecule has 0 bridgehead atoms. The molecule has 19 heavy (non-hydrogen) atoms. The van der Waals surface area contributed by atoms with Crippen LogP contribution in [0.4, 0.5) is 4.39 Å². The monoisotopic (exact) mass is 267 g/mol. The first-order valence-electron chi connectivity index (χ1n) is 6.91. The van der Waals surface area contributed by atoms with Crippen molar-refractivity contribution < 1.29 is 9.13 Å². The fourth-order valence-electron chi connectivity index (χ4n) is 2.12. The van der Waals surface area contributed by atoms with Crippen molar-refractivity contribution in [3.05, 3.63) is 29.6 Å². The topological polar surface area (TPSA) is 21.3 Å². The van der Waals surface area contributed by atoms with Gasteiger partial charge in [0.2, 0.25) is 0 Å². The first-order valence-corrected chi connectivity index (χ1v) is 6.91. The number of hydrogen-bond donors (Lipinski definition) is 1. The van der Waals surface area contributed by atoms with Gasteiger partial charge in [0, 0.05) is 0 Å². The third kappa shape index (κ3) is 4.83. The van der Waals surface area contributed by atoms with Crippen molar-refractivity contribution in [3.63, 3.8) is 0 Å². The second kappa shape index (κ2) is 6.90. The summed E-state index contributed by atoms with van der Waals surface area (Å²) in [6, 6.07) is 5.24. The van der Waals surface area contributed by atoms with E-state index < -0.39 is 0 Å². The van der Waals surface area contributed by atoms with E-state index in [0.717, 1.165) is 25.1 Å². The van der Waals surface area contributed by atoms with Crippen LogP contribution in [0.15, 0.2) is 18.2 Å². The molecule has 0 saturated carbocycles. The van der Waals surface area contributed by atoms with Crippen molar-refractivity contribution in [1.82, 2.24) is 5.32 Å². The summed E-state index contributed by atoms with van der Waals surface area (Å²) < 4.78 is 18.7. The van der Waals surface area contributed by atoms with Gasteiger partial charge in [-0.1, -0.05) is 33.8 Å². The van der Waals surface area contributed by atoms with Crippen LogP contribution >= 0.6 is 0 Å². The Morgan fingerprint density at radius 1 is 1.32 bits per heavy atom. The van der Waals surface area contributed by atoms with E-state index in [1.165, 1.54) is 7.11 Å². The number of halogens is 1. The van der Waals surface area contributed by atoms with Gasteiger partial charge in [-0.25, -0.2) is 4.39 Å². The smallest absolute Gasteiger partial charge is 0.165 e. The first kappa shape index (κ1) is 16.0. The summed E-state index contributed by atoms with van der Waals surface area (Å²) in [6.45, 7) is 10.7. The molecule has 0 fully saturated rings. The van der Waals surface area contributed by atoms with Gasteiger partial charge in [0.25, 0.3) is 0 Å². The molecule has 1 atom stereocenters. The molecular formula is C16H26FNO. The molecule has 0 aliphatic rings. The zero-order valence-corrected chi connectivity index (χ0v) is 12.7. The van der Waals surface area contributed by atoms with Crippen molar-refractivity contribution >= 4 is 0 Å². The number of nitrogens with one attached hydrogen (secondary N) is 1. The van der Waals surface area contributed by atoms with Gasteiger partial charge in [0.15, 0.2) is 11.6 Å². The van der Waals surface area contributed by atoms with E-state index >= 15 is 0 Å². The molecule has 0 radical (unpaired) electrons. The van der Waals surface area contributed by atoms with E-state index in [1.807, 2.05) is 6.07 Å². The summed E-state index contributed by atoms with van der Waals surface area (Å²) in [5, 5.41) is 3.39. The van der Waals surface area contributed by atoms with E-state index in [1.54, 1.807) is 12.1 Å². The SMILES string of the molecule is CCNCC(Cc1ccc(OC)c(F)c1)C(C)(C)C. The van der Waals surface area contributed by atoms with Gasteiger partial charge in [0.1, 0.15) is 0 Å². The molecular weight excluding hydrogens is 241 g/mol. The molecule has 0 heterocycles. The predicted octanol–water partition coefficient (Wildman–Crippen LogP) is 3.65. The lowest BCUT2D eigenvalue weighted by Crippen LogP contribution is -2.33. The zero-order valence-electron chi connectivity index (χ0n) is 12.7. The Hall–Kier alpha value is -1.09. The van der Waals surface area contributed by atoms with Crippen LogP contribution in [-0.2, 0) is 6.42 Å². The lowest BCUT2D eigenvalue weighted by Gasteiger charge is -2.31. The maximum absolute atomic E-state index is 13.7. The third-order valence-electron chi connectivity index (χ3n) is 3.56. The highest BCUT2D eigenvalue weighted by molar-refractivity contribution is 5.29. The molecule has 1 rings (SSSR count). The molecule has 1 aromatic carbocycles. The van der Waals surface area contributed by atoms with E-state index in [4.69, 9.17) is 4.74 Å². The molecule has 1 unspecified atom stereocenters. The van der Waals surface area contributed by atoms with Crippen LogP contribution < -0.4 is 10.1 Å². The van der Waals surface area contributed by atoms with E-state index in [2.05, 4.69) is 33.0 Å². The van der Waals surface area contributed by atoms with Crippen molar-refractivity contribution in [2.75, 3.05) is 20.2 Å². The Morgan fingerprint density at radius 3 is 2.47 bits per heavy atom. The van der Waals surface area contributed by atoms with Gasteiger partial charge >= 0.3 is 0 Å². The quantitative estimate of drug-likeness (QED) is 0.849. The summed E-state index contributed by atoms with van der Waals surface area (Å²) in [7, 11) is 1.49. The van der Waals surface area contributed by atoms with Gasteiger partial charge in [-0.3, -0.25) is 0 Å². The number of rotatable bonds is 6. The van der Waals surface area contributed by atoms with Gasteiger partial charge in [-0.05, 0) is 48.5 Å². The summed E-state index contributed by atoms with van der Waals surface area (Å²) in [4.78, 5) is 0. The molecule has 108 valence electrons. The van der Waals surface area contributed by atoms with Crippen molar-refractivity contribution in [2.24, 2.45) is 11.3 Å². The summed E-state index contributed by atoms with van der Waals surface area (Å²) in [6.07, 6.45) is 0.872. The molecule has 0 saturated heterocycles. The third-order valence-corrected chi connectivity index (χ3v) is 3.56. The lowest BCUT2D eigenvalue weighted by atomic mass is 9.77. The average Bonchev–Trinajstić information content (AvgIpc) is 2.33. The molecule has 0 aliphatic heterocycles. The minimum atomic E-state index is -0.281. The van der Waals surface area contributed by atoms with Gasteiger partial charge in [-0.2, -0.15) is 0 Å². The van der Waals surface area contributed by atoms with Gasteiger partial charge in [0.05, 0.1) is 7.11 Å². The number of hydrogen-bond acceptors (Lipinski definition) is 2. The highest BCUT2D eigenvalue weighted by Gasteiger charge is 2.24. The average molecular weight is 267 g/mol. The molecule has 0 amide bonds. The van der Waals surface area contributed by atoms with Gasteiger partial charge in [-0.15, -0.1) is 0 Å². The predicted molar refractivity (Wildman–Crippen MR) is 78.1 cm³/mol. The fraction of sp³-hybridized carbons (Fsp3) is 0.625. The second-order valence-corrected chi connectivity index (χ2v) is 6.04. The number of ether oxygens (including phenoxy) is 1. The summed E-state index contributed by atoms with van der Waals surface area (Å²) >= 11 is 0. The maximum atomic E-state index is 13.7. The highest BCUT2D eigenvalue weighted by Crippen LogP contribution is 2.29. The minimum Gasteiger partial charge on any atom is -0.494 e. The Labute approximate surface area is 116 Å².